The lowest BCUT2D eigenvalue weighted by molar-refractivity contribution is -0.274. The first-order valence-corrected chi connectivity index (χ1v) is 8.14. The summed E-state index contributed by atoms with van der Waals surface area (Å²) in [5, 5.41) is 6.93. The molecule has 0 aliphatic heterocycles. The van der Waals surface area contributed by atoms with Crippen molar-refractivity contribution in [2.45, 2.75) is 6.36 Å². The third-order valence-corrected chi connectivity index (χ3v) is 3.92. The summed E-state index contributed by atoms with van der Waals surface area (Å²) in [5.74, 6) is -0.564. The van der Waals surface area contributed by atoms with E-state index < -0.39 is 18.0 Å². The summed E-state index contributed by atoms with van der Waals surface area (Å²) in [6.45, 7) is 0. The van der Waals surface area contributed by atoms with Crippen LogP contribution in [0.4, 0.5) is 24.8 Å². The number of nitrogens with one attached hydrogen (secondary N) is 1. The van der Waals surface area contributed by atoms with E-state index in [9.17, 15) is 18.0 Å². The van der Waals surface area contributed by atoms with Crippen LogP contribution in [0.1, 0.15) is 10.4 Å². The summed E-state index contributed by atoms with van der Waals surface area (Å²) in [4.78, 5) is 16.5. The van der Waals surface area contributed by atoms with Crippen LogP contribution in [0.2, 0.25) is 5.02 Å². The number of halogens is 4. The molecule has 0 unspecified atom stereocenters. The lowest BCUT2D eigenvalue weighted by atomic mass is 10.2. The van der Waals surface area contributed by atoms with E-state index >= 15 is 0 Å². The molecule has 3 N–H and O–H groups in total. The summed E-state index contributed by atoms with van der Waals surface area (Å²) in [6.07, 6.45) is -4.80. The standard InChI is InChI=1S/C17H13ClF3N5O2/c1-26-14(10-4-7-13(22)12(18)8-10)23-16(25-26)24-15(27)9-2-5-11(6-3-9)28-17(19,20)21/h2-8H,22H2,1H3,(H,24,25,27). The van der Waals surface area contributed by atoms with E-state index in [-0.39, 0.29) is 11.5 Å². The third kappa shape index (κ3) is 4.52. The number of nitrogens with two attached hydrogens (primary N) is 1. The number of aryl methyl sites for hydroxylation is 1. The molecule has 3 rings (SSSR count). The van der Waals surface area contributed by atoms with Crippen molar-refractivity contribution in [1.29, 1.82) is 0 Å². The summed E-state index contributed by atoms with van der Waals surface area (Å²) < 4.78 is 41.7. The normalized spacial score (nSPS) is 11.3. The zero-order valence-corrected chi connectivity index (χ0v) is 15.0. The second kappa shape index (κ2) is 7.39. The van der Waals surface area contributed by atoms with Crippen molar-refractivity contribution in [1.82, 2.24) is 14.8 Å². The number of nitrogens with zero attached hydrogens (tertiary/aromatic N) is 3. The largest absolute Gasteiger partial charge is 0.573 e. The number of nitrogen functional groups attached to an aromatic ring is 1. The minimum atomic E-state index is -4.80. The molecular weight excluding hydrogens is 399 g/mol. The molecule has 11 heteroatoms. The number of hydrogen-bond donors (Lipinski definition) is 2. The van der Waals surface area contributed by atoms with Crippen LogP contribution >= 0.6 is 11.6 Å². The molecule has 1 heterocycles. The molecule has 0 saturated carbocycles. The van der Waals surface area contributed by atoms with Gasteiger partial charge in [-0.2, -0.15) is 4.98 Å². The summed E-state index contributed by atoms with van der Waals surface area (Å²) in [5.41, 5.74) is 6.85. The molecule has 0 saturated heterocycles. The Bertz CT molecular complexity index is 1020. The quantitative estimate of drug-likeness (QED) is 0.635. The fraction of sp³-hybridized carbons (Fsp3) is 0.118. The predicted octanol–water partition coefficient (Wildman–Crippen LogP) is 3.87. The van der Waals surface area contributed by atoms with E-state index in [2.05, 4.69) is 20.1 Å². The fourth-order valence-corrected chi connectivity index (χ4v) is 2.52. The van der Waals surface area contributed by atoms with E-state index in [1.165, 1.54) is 16.8 Å². The van der Waals surface area contributed by atoms with E-state index in [0.29, 0.717) is 22.1 Å². The maximum atomic E-state index is 12.3. The van der Waals surface area contributed by atoms with Gasteiger partial charge in [-0.15, -0.1) is 18.3 Å². The molecule has 3 aromatic rings. The first-order valence-electron chi connectivity index (χ1n) is 7.76. The summed E-state index contributed by atoms with van der Waals surface area (Å²) in [7, 11) is 1.63. The highest BCUT2D eigenvalue weighted by Gasteiger charge is 2.31. The van der Waals surface area contributed by atoms with Gasteiger partial charge in [0, 0.05) is 18.2 Å². The molecule has 0 radical (unpaired) electrons. The summed E-state index contributed by atoms with van der Waals surface area (Å²) in [6, 6.07) is 9.41. The highest BCUT2D eigenvalue weighted by Crippen LogP contribution is 2.26. The van der Waals surface area contributed by atoms with Crippen molar-refractivity contribution < 1.29 is 22.7 Å². The van der Waals surface area contributed by atoms with Crippen molar-refractivity contribution >= 4 is 29.1 Å². The number of hydrogen-bond acceptors (Lipinski definition) is 5. The Balaban J connectivity index is 1.75. The zero-order chi connectivity index (χ0) is 20.5. The number of rotatable bonds is 4. The van der Waals surface area contributed by atoms with Gasteiger partial charge in [-0.05, 0) is 42.5 Å². The number of amides is 1. The number of ether oxygens (including phenoxy) is 1. The van der Waals surface area contributed by atoms with Gasteiger partial charge in [-0.1, -0.05) is 11.6 Å². The lowest BCUT2D eigenvalue weighted by Gasteiger charge is -2.08. The van der Waals surface area contributed by atoms with E-state index in [1.807, 2.05) is 0 Å². The van der Waals surface area contributed by atoms with Crippen LogP contribution in [0.5, 0.6) is 5.75 Å². The molecule has 7 nitrogen and oxygen atoms in total. The van der Waals surface area contributed by atoms with Gasteiger partial charge in [0.05, 0.1) is 10.7 Å². The lowest BCUT2D eigenvalue weighted by Crippen LogP contribution is -2.17. The van der Waals surface area contributed by atoms with Gasteiger partial charge < -0.3 is 10.5 Å². The Morgan fingerprint density at radius 2 is 1.89 bits per heavy atom. The van der Waals surface area contributed by atoms with Crippen LogP contribution in [0.3, 0.4) is 0 Å². The van der Waals surface area contributed by atoms with E-state index in [0.717, 1.165) is 12.1 Å². The van der Waals surface area contributed by atoms with Crippen molar-refractivity contribution in [2.75, 3.05) is 11.1 Å². The first-order chi connectivity index (χ1) is 13.1. The van der Waals surface area contributed by atoms with Crippen LogP contribution in [-0.2, 0) is 7.05 Å². The van der Waals surface area contributed by atoms with Crippen LogP contribution in [0.15, 0.2) is 42.5 Å². The van der Waals surface area contributed by atoms with Crippen LogP contribution in [0, 0.1) is 0 Å². The predicted molar refractivity (Wildman–Crippen MR) is 96.9 cm³/mol. The van der Waals surface area contributed by atoms with Gasteiger partial charge >= 0.3 is 6.36 Å². The van der Waals surface area contributed by atoms with Crippen molar-refractivity contribution in [3.05, 3.63) is 53.1 Å². The van der Waals surface area contributed by atoms with Gasteiger partial charge in [-0.25, -0.2) is 4.68 Å². The molecule has 0 fully saturated rings. The average molecular weight is 412 g/mol. The van der Waals surface area contributed by atoms with Gasteiger partial charge in [0.1, 0.15) is 5.75 Å². The molecule has 0 aliphatic carbocycles. The molecule has 0 atom stereocenters. The minimum Gasteiger partial charge on any atom is -0.406 e. The number of aromatic nitrogens is 3. The first kappa shape index (κ1) is 19.5. The van der Waals surface area contributed by atoms with Gasteiger partial charge in [-0.3, -0.25) is 10.1 Å². The smallest absolute Gasteiger partial charge is 0.406 e. The number of carbonyl (C=O) groups is 1. The second-order valence-electron chi connectivity index (χ2n) is 5.65. The Morgan fingerprint density at radius 3 is 2.50 bits per heavy atom. The van der Waals surface area contributed by atoms with Crippen LogP contribution in [0.25, 0.3) is 11.4 Å². The van der Waals surface area contributed by atoms with E-state index in [4.69, 9.17) is 17.3 Å². The highest BCUT2D eigenvalue weighted by molar-refractivity contribution is 6.33. The molecule has 1 aromatic heterocycles. The molecule has 0 aliphatic rings. The summed E-state index contributed by atoms with van der Waals surface area (Å²) >= 11 is 6.01. The van der Waals surface area contributed by atoms with Crippen LogP contribution in [-0.4, -0.2) is 27.0 Å². The third-order valence-electron chi connectivity index (χ3n) is 3.60. The molecule has 0 bridgehead atoms. The number of alkyl halides is 3. The Morgan fingerprint density at radius 1 is 1.21 bits per heavy atom. The van der Waals surface area contributed by atoms with Crippen molar-refractivity contribution in [3.8, 4) is 17.1 Å². The highest BCUT2D eigenvalue weighted by atomic mass is 35.5. The van der Waals surface area contributed by atoms with Crippen LogP contribution < -0.4 is 15.8 Å². The SMILES string of the molecule is Cn1nc(NC(=O)c2ccc(OC(F)(F)F)cc2)nc1-c1ccc(N)c(Cl)c1. The molecule has 146 valence electrons. The van der Waals surface area contributed by atoms with Gasteiger partial charge in [0.25, 0.3) is 5.91 Å². The molecule has 28 heavy (non-hydrogen) atoms. The maximum absolute atomic E-state index is 12.3. The second-order valence-corrected chi connectivity index (χ2v) is 6.05. The van der Waals surface area contributed by atoms with Crippen molar-refractivity contribution in [2.24, 2.45) is 7.05 Å². The Labute approximate surface area is 161 Å². The minimum absolute atomic E-state index is 0.0195. The Hall–Kier alpha value is -3.27. The van der Waals surface area contributed by atoms with Gasteiger partial charge in [0.2, 0.25) is 5.95 Å². The topological polar surface area (TPSA) is 95.1 Å². The zero-order valence-electron chi connectivity index (χ0n) is 14.3. The molecule has 1 amide bonds. The number of anilines is 2. The van der Waals surface area contributed by atoms with Crippen molar-refractivity contribution in [3.63, 3.8) is 0 Å². The molecule has 2 aromatic carbocycles. The number of benzene rings is 2. The monoisotopic (exact) mass is 411 g/mol. The Kier molecular flexibility index (Phi) is 5.14. The molecule has 0 spiro atoms. The fourth-order valence-electron chi connectivity index (χ4n) is 2.34. The molecular formula is C17H13ClF3N5O2. The average Bonchev–Trinajstić information content (AvgIpc) is 2.97. The van der Waals surface area contributed by atoms with Gasteiger partial charge in [0.15, 0.2) is 5.82 Å². The van der Waals surface area contributed by atoms with E-state index in [1.54, 1.807) is 25.2 Å². The number of carbonyl (C=O) groups excluding carboxylic acids is 1. The maximum Gasteiger partial charge on any atom is 0.573 e.